The fraction of sp³-hybridized carbons (Fsp3) is 0.488. The molecule has 0 unspecified atom stereocenters. The van der Waals surface area contributed by atoms with Gasteiger partial charge in [0.05, 0.1) is 19.1 Å². The summed E-state index contributed by atoms with van der Waals surface area (Å²) in [6, 6.07) is 9.21. The van der Waals surface area contributed by atoms with Crippen molar-refractivity contribution >= 4 is 53.3 Å². The Balaban J connectivity index is 2.15. The summed E-state index contributed by atoms with van der Waals surface area (Å²) in [4.78, 5) is 92.0. The van der Waals surface area contributed by atoms with Crippen molar-refractivity contribution in [2.45, 2.75) is 95.4 Å². The number of phenols is 1. The number of aromatic hydroxyl groups is 1. The van der Waals surface area contributed by atoms with Crippen molar-refractivity contribution < 1.29 is 38.7 Å². The second-order valence-electron chi connectivity index (χ2n) is 15.3. The lowest BCUT2D eigenvalue weighted by molar-refractivity contribution is -0.134. The van der Waals surface area contributed by atoms with Gasteiger partial charge in [-0.1, -0.05) is 56.3 Å². The van der Waals surface area contributed by atoms with Crippen LogP contribution in [0.3, 0.4) is 0 Å². The van der Waals surface area contributed by atoms with Crippen molar-refractivity contribution in [3.63, 3.8) is 0 Å². The van der Waals surface area contributed by atoms with Crippen molar-refractivity contribution in [3.05, 3.63) is 65.7 Å². The molecule has 2 aromatic rings. The first-order chi connectivity index (χ1) is 29.8. The van der Waals surface area contributed by atoms with E-state index < -0.39 is 84.6 Å². The molecule has 19 N–H and O–H groups in total. The predicted octanol–water partition coefficient (Wildman–Crippen LogP) is -2.88. The molecule has 0 aromatic heterocycles. The first-order valence-corrected chi connectivity index (χ1v) is 20.6. The van der Waals surface area contributed by atoms with Crippen LogP contribution in [0.15, 0.2) is 54.6 Å². The zero-order valence-corrected chi connectivity index (χ0v) is 35.8. The van der Waals surface area contributed by atoms with E-state index in [1.807, 2.05) is 13.8 Å². The summed E-state index contributed by atoms with van der Waals surface area (Å²) in [6.07, 6.45) is 1.73. The van der Waals surface area contributed by atoms with Gasteiger partial charge in [-0.25, -0.2) is 0 Å². The molecule has 0 heterocycles. The molecule has 0 saturated carbocycles. The third-order valence-corrected chi connectivity index (χ3v) is 9.39. The highest BCUT2D eigenvalue weighted by atomic mass is 16.3. The molecule has 7 amide bonds. The van der Waals surface area contributed by atoms with Crippen LogP contribution < -0.4 is 65.5 Å². The van der Waals surface area contributed by atoms with Crippen molar-refractivity contribution in [1.29, 1.82) is 10.8 Å². The van der Waals surface area contributed by atoms with Gasteiger partial charge in [-0.15, -0.1) is 0 Å². The number of carbonyl (C=O) groups excluding carboxylic acids is 7. The molecule has 2 rings (SSSR count). The third kappa shape index (κ3) is 21.9. The second kappa shape index (κ2) is 27.8. The molecule has 0 bridgehead atoms. The number of hydrogen-bond donors (Lipinski definition) is 15. The molecule has 346 valence electrons. The Hall–Kier alpha value is -6.97. The van der Waals surface area contributed by atoms with Crippen LogP contribution in [0.4, 0.5) is 0 Å². The number of rotatable bonds is 28. The van der Waals surface area contributed by atoms with E-state index in [1.165, 1.54) is 12.1 Å². The van der Waals surface area contributed by atoms with E-state index in [0.717, 1.165) is 0 Å². The largest absolute Gasteiger partial charge is 0.508 e. The van der Waals surface area contributed by atoms with Crippen LogP contribution in [0.2, 0.25) is 0 Å². The minimum absolute atomic E-state index is 0.00482. The fourth-order valence-corrected chi connectivity index (χ4v) is 6.12. The highest BCUT2D eigenvalue weighted by molar-refractivity contribution is 5.96. The highest BCUT2D eigenvalue weighted by Gasteiger charge is 2.31. The molecule has 0 saturated heterocycles. The summed E-state index contributed by atoms with van der Waals surface area (Å²) >= 11 is 0. The van der Waals surface area contributed by atoms with Gasteiger partial charge >= 0.3 is 0 Å². The topological polar surface area (TPSA) is 388 Å². The average Bonchev–Trinajstić information content (AvgIpc) is 3.22. The Labute approximate surface area is 366 Å². The monoisotopic (exact) mass is 881 g/mol. The molecule has 5 atom stereocenters. The van der Waals surface area contributed by atoms with Crippen molar-refractivity contribution in [2.24, 2.45) is 28.9 Å². The van der Waals surface area contributed by atoms with E-state index in [-0.39, 0.29) is 68.7 Å². The molecular weight excluding hydrogens is 817 g/mol. The minimum atomic E-state index is -1.23. The Kier molecular flexibility index (Phi) is 23.0. The van der Waals surface area contributed by atoms with Gasteiger partial charge in [0.1, 0.15) is 29.9 Å². The molecule has 0 spiro atoms. The molecule has 0 fully saturated rings. The number of carbonyl (C=O) groups is 7. The zero-order chi connectivity index (χ0) is 46.9. The Bertz CT molecular complexity index is 1850. The van der Waals surface area contributed by atoms with Crippen molar-refractivity contribution in [3.8, 4) is 5.75 Å². The van der Waals surface area contributed by atoms with Gasteiger partial charge in [-0.3, -0.25) is 44.4 Å². The van der Waals surface area contributed by atoms with Crippen LogP contribution in [0.1, 0.15) is 63.5 Å². The number of phenolic OH excluding ortho intramolecular Hbond substituents is 1. The Morgan fingerprint density at radius 2 is 1.10 bits per heavy atom. The summed E-state index contributed by atoms with van der Waals surface area (Å²) in [6.45, 7) is 3.17. The van der Waals surface area contributed by atoms with E-state index in [9.17, 15) is 38.7 Å². The maximum absolute atomic E-state index is 13.9. The normalized spacial score (nSPS) is 13.1. The molecule has 0 radical (unpaired) electrons. The van der Waals surface area contributed by atoms with Crippen LogP contribution in [-0.4, -0.2) is 115 Å². The molecule has 0 aliphatic heterocycles. The number of benzene rings is 2. The first-order valence-electron chi connectivity index (χ1n) is 20.6. The van der Waals surface area contributed by atoms with Gasteiger partial charge in [0.2, 0.25) is 41.4 Å². The van der Waals surface area contributed by atoms with E-state index in [1.54, 1.807) is 42.5 Å². The van der Waals surface area contributed by atoms with Crippen LogP contribution in [-0.2, 0) is 46.4 Å². The SMILES string of the molecule is CC(C)C[C@H](NC(=O)[C@H](Cc1ccccc1)NC(=O)CNC(=O)CNC(=O)[C@@H](N)Cc1ccc(O)cc1)C(=O)N[C@@H](CCCNC(=N)N)C(=O)N[C@@H](CCCCNC(=N)N)C(N)=O. The molecular formula is C41H64N14O8. The first kappa shape index (κ1) is 52.2. The van der Waals surface area contributed by atoms with Crippen LogP contribution >= 0.6 is 0 Å². The zero-order valence-electron chi connectivity index (χ0n) is 35.8. The van der Waals surface area contributed by atoms with Gasteiger partial charge < -0.3 is 70.6 Å². The number of nitrogens with one attached hydrogen (secondary N) is 10. The van der Waals surface area contributed by atoms with E-state index >= 15 is 0 Å². The summed E-state index contributed by atoms with van der Waals surface area (Å²) < 4.78 is 0. The molecule has 0 aliphatic rings. The lowest BCUT2D eigenvalue weighted by atomic mass is 10.00. The molecule has 0 aliphatic carbocycles. The van der Waals surface area contributed by atoms with E-state index in [0.29, 0.717) is 30.5 Å². The van der Waals surface area contributed by atoms with Gasteiger partial charge in [0.25, 0.3) is 0 Å². The second-order valence-corrected chi connectivity index (χ2v) is 15.3. The third-order valence-electron chi connectivity index (χ3n) is 9.39. The molecule has 22 heteroatoms. The lowest BCUT2D eigenvalue weighted by Crippen LogP contribution is -2.59. The van der Waals surface area contributed by atoms with Crippen LogP contribution in [0.5, 0.6) is 5.75 Å². The summed E-state index contributed by atoms with van der Waals surface area (Å²) in [5.41, 5.74) is 23.6. The van der Waals surface area contributed by atoms with Crippen LogP contribution in [0, 0.1) is 16.7 Å². The maximum Gasteiger partial charge on any atom is 0.243 e. The van der Waals surface area contributed by atoms with E-state index in [2.05, 4.69) is 42.5 Å². The number of unbranched alkanes of at least 4 members (excludes halogenated alkanes) is 1. The summed E-state index contributed by atoms with van der Waals surface area (Å²) in [5, 5.41) is 44.9. The van der Waals surface area contributed by atoms with Gasteiger partial charge in [-0.05, 0) is 74.1 Å². The van der Waals surface area contributed by atoms with E-state index in [4.69, 9.17) is 33.8 Å². The summed E-state index contributed by atoms with van der Waals surface area (Å²) in [5.74, 6) is -5.57. The highest BCUT2D eigenvalue weighted by Crippen LogP contribution is 2.12. The minimum Gasteiger partial charge on any atom is -0.508 e. The number of amides is 7. The van der Waals surface area contributed by atoms with Crippen molar-refractivity contribution in [2.75, 3.05) is 26.2 Å². The smallest absolute Gasteiger partial charge is 0.243 e. The lowest BCUT2D eigenvalue weighted by Gasteiger charge is -2.27. The number of primary amides is 1. The van der Waals surface area contributed by atoms with Crippen LogP contribution in [0.25, 0.3) is 0 Å². The van der Waals surface area contributed by atoms with Gasteiger partial charge in [-0.2, -0.15) is 0 Å². The Morgan fingerprint density at radius 1 is 0.571 bits per heavy atom. The quantitative estimate of drug-likeness (QED) is 0.0232. The average molecular weight is 881 g/mol. The standard InChI is InChI=1S/C41H64N14O8/c1-24(2)19-31(38(62)54-30(12-8-18-49-41(46)47)37(61)53-29(35(43)59)11-6-7-17-48-40(44)45)55-39(63)32(21-25-9-4-3-5-10-25)52-34(58)23-50-33(57)22-51-36(60)28(42)20-26-13-15-27(56)16-14-26/h3-5,9-10,13-16,24,28-32,56H,6-8,11-12,17-23,42H2,1-2H3,(H2,43,59)(H,50,57)(H,51,60)(H,52,58)(H,53,61)(H,54,62)(H,55,63)(H4,44,45,48)(H4,46,47,49)/t28-,29-,30-,31-,32-/m0/s1. The fourth-order valence-electron chi connectivity index (χ4n) is 6.12. The van der Waals surface area contributed by atoms with Crippen molar-refractivity contribution in [1.82, 2.24) is 42.5 Å². The molecule has 22 nitrogen and oxygen atoms in total. The molecule has 63 heavy (non-hydrogen) atoms. The predicted molar refractivity (Wildman–Crippen MR) is 235 cm³/mol. The van der Waals surface area contributed by atoms with Gasteiger partial charge in [0, 0.05) is 19.5 Å². The number of hydrogen-bond acceptors (Lipinski definition) is 11. The number of nitrogens with two attached hydrogens (primary N) is 4. The maximum atomic E-state index is 13.9. The number of guanidine groups is 2. The van der Waals surface area contributed by atoms with Gasteiger partial charge in [0.15, 0.2) is 11.9 Å². The Morgan fingerprint density at radius 3 is 1.70 bits per heavy atom. The molecule has 2 aromatic carbocycles. The summed E-state index contributed by atoms with van der Waals surface area (Å²) in [7, 11) is 0.